The van der Waals surface area contributed by atoms with Gasteiger partial charge in [0.1, 0.15) is 5.82 Å². The van der Waals surface area contributed by atoms with Crippen LogP contribution < -0.4 is 5.32 Å². The van der Waals surface area contributed by atoms with E-state index in [0.717, 1.165) is 0 Å². The third kappa shape index (κ3) is 3.04. The summed E-state index contributed by atoms with van der Waals surface area (Å²) in [6.45, 7) is 1.17. The van der Waals surface area contributed by atoms with E-state index < -0.39 is 5.97 Å². The van der Waals surface area contributed by atoms with Crippen LogP contribution in [-0.2, 0) is 9.53 Å². The van der Waals surface area contributed by atoms with Crippen LogP contribution >= 0.6 is 0 Å². The van der Waals surface area contributed by atoms with E-state index in [0.29, 0.717) is 26.1 Å². The average molecular weight is 250 g/mol. The van der Waals surface area contributed by atoms with Crippen molar-refractivity contribution in [1.82, 2.24) is 4.98 Å². The van der Waals surface area contributed by atoms with Gasteiger partial charge < -0.3 is 15.2 Å². The van der Waals surface area contributed by atoms with Gasteiger partial charge in [0, 0.05) is 19.1 Å². The van der Waals surface area contributed by atoms with Crippen molar-refractivity contribution in [2.24, 2.45) is 5.92 Å². The normalized spacial score (nSPS) is 16.2. The smallest absolute Gasteiger partial charge is 0.354 e. The predicted octanol–water partition coefficient (Wildman–Crippen LogP) is 1.14. The lowest BCUT2D eigenvalue weighted by atomic mass is 9.99. The monoisotopic (exact) mass is 250 g/mol. The number of carboxylic acids is 1. The van der Waals surface area contributed by atoms with Crippen molar-refractivity contribution in [2.45, 2.75) is 12.8 Å². The topological polar surface area (TPSA) is 88.5 Å². The summed E-state index contributed by atoms with van der Waals surface area (Å²) < 4.78 is 5.18. The van der Waals surface area contributed by atoms with Crippen LogP contribution in [-0.4, -0.2) is 35.2 Å². The molecule has 0 atom stereocenters. The minimum Gasteiger partial charge on any atom is -0.477 e. The molecule has 2 rings (SSSR count). The maximum Gasteiger partial charge on any atom is 0.354 e. The number of carboxylic acid groups (broad SMARTS) is 1. The van der Waals surface area contributed by atoms with E-state index in [2.05, 4.69) is 10.3 Å². The Kier molecular flexibility index (Phi) is 3.88. The van der Waals surface area contributed by atoms with Crippen LogP contribution in [0.2, 0.25) is 0 Å². The molecule has 0 radical (unpaired) electrons. The Labute approximate surface area is 104 Å². The van der Waals surface area contributed by atoms with Crippen LogP contribution in [0.3, 0.4) is 0 Å². The van der Waals surface area contributed by atoms with Gasteiger partial charge in [-0.3, -0.25) is 4.79 Å². The van der Waals surface area contributed by atoms with Gasteiger partial charge in [-0.05, 0) is 25.0 Å². The highest BCUT2D eigenvalue weighted by molar-refractivity contribution is 5.92. The number of aromatic carboxylic acids is 1. The van der Waals surface area contributed by atoms with Crippen molar-refractivity contribution >= 4 is 17.7 Å². The van der Waals surface area contributed by atoms with Gasteiger partial charge in [-0.1, -0.05) is 6.07 Å². The van der Waals surface area contributed by atoms with Crippen molar-refractivity contribution in [1.29, 1.82) is 0 Å². The number of carbonyl (C=O) groups excluding carboxylic acids is 1. The summed E-state index contributed by atoms with van der Waals surface area (Å²) in [5.74, 6) is -1.06. The van der Waals surface area contributed by atoms with Crippen molar-refractivity contribution in [3.05, 3.63) is 23.9 Å². The summed E-state index contributed by atoms with van der Waals surface area (Å²) in [6, 6.07) is 4.51. The number of hydrogen-bond donors (Lipinski definition) is 2. The van der Waals surface area contributed by atoms with E-state index in [-0.39, 0.29) is 23.3 Å². The lowest BCUT2D eigenvalue weighted by Crippen LogP contribution is -2.29. The molecule has 2 N–H and O–H groups in total. The van der Waals surface area contributed by atoms with Crippen molar-refractivity contribution < 1.29 is 19.4 Å². The Balaban J connectivity index is 2.02. The molecule has 6 heteroatoms. The van der Waals surface area contributed by atoms with E-state index in [1.54, 1.807) is 12.1 Å². The molecule has 0 aliphatic carbocycles. The predicted molar refractivity (Wildman–Crippen MR) is 63.4 cm³/mol. The van der Waals surface area contributed by atoms with E-state index in [1.807, 2.05) is 0 Å². The van der Waals surface area contributed by atoms with Gasteiger partial charge in [0.2, 0.25) is 5.91 Å². The van der Waals surface area contributed by atoms with Crippen LogP contribution in [0.25, 0.3) is 0 Å². The fourth-order valence-electron chi connectivity index (χ4n) is 1.81. The third-order valence-corrected chi connectivity index (χ3v) is 2.81. The number of carbonyl (C=O) groups is 2. The van der Waals surface area contributed by atoms with E-state index in [4.69, 9.17) is 9.84 Å². The fraction of sp³-hybridized carbons (Fsp3) is 0.417. The summed E-state index contributed by atoms with van der Waals surface area (Å²) >= 11 is 0. The second kappa shape index (κ2) is 5.59. The minimum absolute atomic E-state index is 0.0835. The van der Waals surface area contributed by atoms with Crippen LogP contribution in [0.5, 0.6) is 0 Å². The van der Waals surface area contributed by atoms with Crippen molar-refractivity contribution in [3.8, 4) is 0 Å². The number of amides is 1. The zero-order valence-corrected chi connectivity index (χ0v) is 9.76. The quantitative estimate of drug-likeness (QED) is 0.839. The second-order valence-corrected chi connectivity index (χ2v) is 4.09. The molecule has 1 aromatic heterocycles. The molecule has 1 saturated heterocycles. The Morgan fingerprint density at radius 3 is 2.72 bits per heavy atom. The molecule has 1 fully saturated rings. The molecule has 6 nitrogen and oxygen atoms in total. The summed E-state index contributed by atoms with van der Waals surface area (Å²) in [5.41, 5.74) is -0.0835. The molecule has 0 bridgehead atoms. The summed E-state index contributed by atoms with van der Waals surface area (Å²) in [4.78, 5) is 26.5. The number of aromatic nitrogens is 1. The molecule has 0 saturated carbocycles. The van der Waals surface area contributed by atoms with Crippen LogP contribution in [0.1, 0.15) is 23.3 Å². The molecular weight excluding hydrogens is 236 g/mol. The molecule has 1 amide bonds. The molecular formula is C12H14N2O4. The Bertz CT molecular complexity index is 455. The highest BCUT2D eigenvalue weighted by Gasteiger charge is 2.22. The molecule has 96 valence electrons. The first-order valence-electron chi connectivity index (χ1n) is 5.76. The first-order chi connectivity index (χ1) is 8.66. The molecule has 2 heterocycles. The molecule has 1 aromatic rings. The van der Waals surface area contributed by atoms with Crippen molar-refractivity contribution in [3.63, 3.8) is 0 Å². The maximum absolute atomic E-state index is 11.9. The zero-order valence-electron chi connectivity index (χ0n) is 9.76. The number of nitrogens with one attached hydrogen (secondary N) is 1. The summed E-state index contributed by atoms with van der Waals surface area (Å²) in [5, 5.41) is 11.4. The molecule has 1 aliphatic heterocycles. The lowest BCUT2D eigenvalue weighted by molar-refractivity contribution is -0.122. The second-order valence-electron chi connectivity index (χ2n) is 4.09. The first kappa shape index (κ1) is 12.5. The van der Waals surface area contributed by atoms with Crippen LogP contribution in [0, 0.1) is 5.92 Å². The highest BCUT2D eigenvalue weighted by atomic mass is 16.5. The SMILES string of the molecule is O=C(O)c1cccc(NC(=O)C2CCOCC2)n1. The van der Waals surface area contributed by atoms with Gasteiger partial charge >= 0.3 is 5.97 Å². The highest BCUT2D eigenvalue weighted by Crippen LogP contribution is 2.16. The Hall–Kier alpha value is -1.95. The molecule has 0 aromatic carbocycles. The van der Waals surface area contributed by atoms with E-state index >= 15 is 0 Å². The van der Waals surface area contributed by atoms with Gasteiger partial charge in [0.05, 0.1) is 0 Å². The van der Waals surface area contributed by atoms with Gasteiger partial charge in [0.15, 0.2) is 5.69 Å². The number of anilines is 1. The third-order valence-electron chi connectivity index (χ3n) is 2.81. The first-order valence-corrected chi connectivity index (χ1v) is 5.76. The maximum atomic E-state index is 11.9. The summed E-state index contributed by atoms with van der Waals surface area (Å²) in [7, 11) is 0. The zero-order chi connectivity index (χ0) is 13.0. The Morgan fingerprint density at radius 2 is 2.06 bits per heavy atom. The van der Waals surface area contributed by atoms with Gasteiger partial charge in [0.25, 0.3) is 0 Å². The molecule has 0 unspecified atom stereocenters. The number of nitrogens with zero attached hydrogens (tertiary/aromatic N) is 1. The largest absolute Gasteiger partial charge is 0.477 e. The molecule has 18 heavy (non-hydrogen) atoms. The number of rotatable bonds is 3. The minimum atomic E-state index is -1.11. The number of ether oxygens (including phenoxy) is 1. The standard InChI is InChI=1S/C12H14N2O4/c15-11(8-4-6-18-7-5-8)14-10-3-1-2-9(13-10)12(16)17/h1-3,8H,4-7H2,(H,16,17)(H,13,14,15). The van der Waals surface area contributed by atoms with Gasteiger partial charge in [-0.15, -0.1) is 0 Å². The molecule has 0 spiro atoms. The van der Waals surface area contributed by atoms with Crippen LogP contribution in [0.15, 0.2) is 18.2 Å². The molecule has 1 aliphatic rings. The Morgan fingerprint density at radius 1 is 1.33 bits per heavy atom. The average Bonchev–Trinajstić information content (AvgIpc) is 2.40. The number of pyridine rings is 1. The number of hydrogen-bond acceptors (Lipinski definition) is 4. The lowest BCUT2D eigenvalue weighted by Gasteiger charge is -2.20. The van der Waals surface area contributed by atoms with E-state index in [1.165, 1.54) is 6.07 Å². The van der Waals surface area contributed by atoms with Crippen molar-refractivity contribution in [2.75, 3.05) is 18.5 Å². The van der Waals surface area contributed by atoms with Gasteiger partial charge in [-0.25, -0.2) is 9.78 Å². The summed E-state index contributed by atoms with van der Waals surface area (Å²) in [6.07, 6.45) is 1.37. The van der Waals surface area contributed by atoms with Crippen LogP contribution in [0.4, 0.5) is 5.82 Å². The van der Waals surface area contributed by atoms with Gasteiger partial charge in [-0.2, -0.15) is 0 Å². The fourth-order valence-corrected chi connectivity index (χ4v) is 1.81. The van der Waals surface area contributed by atoms with E-state index in [9.17, 15) is 9.59 Å².